The van der Waals surface area contributed by atoms with E-state index in [2.05, 4.69) is 15.9 Å². The summed E-state index contributed by atoms with van der Waals surface area (Å²) in [5.41, 5.74) is 1.16. The molecule has 1 rings (SSSR count). The first-order chi connectivity index (χ1) is 6.77. The zero-order chi connectivity index (χ0) is 10.4. The van der Waals surface area contributed by atoms with Crippen LogP contribution in [0.15, 0.2) is 28.7 Å². The number of methoxy groups -OCH3 is 1. The van der Waals surface area contributed by atoms with E-state index in [0.29, 0.717) is 6.61 Å². The summed E-state index contributed by atoms with van der Waals surface area (Å²) in [5.74, 6) is 0.183. The average molecular weight is 259 g/mol. The lowest BCUT2D eigenvalue weighted by Crippen LogP contribution is -2.07. The maximum absolute atomic E-state index is 9.21. The van der Waals surface area contributed by atoms with Gasteiger partial charge in [-0.2, -0.15) is 0 Å². The van der Waals surface area contributed by atoms with Crippen molar-refractivity contribution in [3.05, 3.63) is 34.3 Å². The summed E-state index contributed by atoms with van der Waals surface area (Å²) < 4.78 is 6.06. The minimum atomic E-state index is 0.172. The molecule has 14 heavy (non-hydrogen) atoms. The molecule has 2 nitrogen and oxygen atoms in total. The molecule has 0 aromatic heterocycles. The molecule has 78 valence electrons. The minimum absolute atomic E-state index is 0.172. The van der Waals surface area contributed by atoms with Crippen molar-refractivity contribution < 1.29 is 9.84 Å². The Morgan fingerprint density at radius 3 is 2.50 bits per heavy atom. The van der Waals surface area contributed by atoms with Crippen LogP contribution in [0.3, 0.4) is 0 Å². The molecule has 0 spiro atoms. The number of benzene rings is 1. The predicted octanol–water partition coefficient (Wildman–Crippen LogP) is 2.56. The van der Waals surface area contributed by atoms with E-state index in [4.69, 9.17) is 4.74 Å². The number of hydrogen-bond acceptors (Lipinski definition) is 2. The average Bonchev–Trinajstić information content (AvgIpc) is 2.21. The van der Waals surface area contributed by atoms with Crippen LogP contribution < -0.4 is 0 Å². The van der Waals surface area contributed by atoms with Crippen LogP contribution in [0.2, 0.25) is 0 Å². The van der Waals surface area contributed by atoms with Crippen molar-refractivity contribution in [3.63, 3.8) is 0 Å². The fourth-order valence-corrected chi connectivity index (χ4v) is 1.62. The molecule has 0 saturated heterocycles. The van der Waals surface area contributed by atoms with Crippen LogP contribution in [-0.2, 0) is 4.74 Å². The van der Waals surface area contributed by atoms with Gasteiger partial charge in [0.15, 0.2) is 0 Å². The third-order valence-corrected chi connectivity index (χ3v) is 2.76. The molecule has 0 saturated carbocycles. The zero-order valence-corrected chi connectivity index (χ0v) is 9.83. The molecule has 1 aromatic carbocycles. The van der Waals surface area contributed by atoms with E-state index < -0.39 is 0 Å². The standard InChI is InChI=1S/C11H15BrO2/c1-14-7-6-10(8-13)9-2-4-11(12)5-3-9/h2-5,10,13H,6-8H2,1H3. The van der Waals surface area contributed by atoms with Gasteiger partial charge in [0.05, 0.1) is 6.61 Å². The van der Waals surface area contributed by atoms with E-state index in [-0.39, 0.29) is 12.5 Å². The molecule has 1 unspecified atom stereocenters. The van der Waals surface area contributed by atoms with Crippen molar-refractivity contribution in [1.29, 1.82) is 0 Å². The molecule has 0 fully saturated rings. The van der Waals surface area contributed by atoms with Crippen LogP contribution in [-0.4, -0.2) is 25.4 Å². The quantitative estimate of drug-likeness (QED) is 0.880. The van der Waals surface area contributed by atoms with Crippen molar-refractivity contribution in [1.82, 2.24) is 0 Å². The van der Waals surface area contributed by atoms with E-state index in [1.165, 1.54) is 0 Å². The second kappa shape index (κ2) is 6.17. The summed E-state index contributed by atoms with van der Waals surface area (Å²) in [6.45, 7) is 0.853. The van der Waals surface area contributed by atoms with Gasteiger partial charge in [-0.3, -0.25) is 0 Å². The van der Waals surface area contributed by atoms with E-state index in [1.807, 2.05) is 24.3 Å². The number of aliphatic hydroxyl groups excluding tert-OH is 1. The summed E-state index contributed by atoms with van der Waals surface area (Å²) in [5, 5.41) is 9.21. The monoisotopic (exact) mass is 258 g/mol. The van der Waals surface area contributed by atoms with Crippen molar-refractivity contribution in [2.24, 2.45) is 0 Å². The third-order valence-electron chi connectivity index (χ3n) is 2.23. The number of aliphatic hydroxyl groups is 1. The number of halogens is 1. The van der Waals surface area contributed by atoms with E-state index >= 15 is 0 Å². The Morgan fingerprint density at radius 2 is 2.00 bits per heavy atom. The highest BCUT2D eigenvalue weighted by molar-refractivity contribution is 9.10. The maximum atomic E-state index is 9.21. The first kappa shape index (κ1) is 11.7. The Morgan fingerprint density at radius 1 is 1.36 bits per heavy atom. The molecular weight excluding hydrogens is 244 g/mol. The largest absolute Gasteiger partial charge is 0.396 e. The molecular formula is C11H15BrO2. The van der Waals surface area contributed by atoms with Gasteiger partial charge in [0.1, 0.15) is 0 Å². The molecule has 0 amide bonds. The van der Waals surface area contributed by atoms with Gasteiger partial charge >= 0.3 is 0 Å². The van der Waals surface area contributed by atoms with Gasteiger partial charge in [-0.25, -0.2) is 0 Å². The molecule has 0 bridgehead atoms. The minimum Gasteiger partial charge on any atom is -0.396 e. The Kier molecular flexibility index (Phi) is 5.15. The molecule has 1 atom stereocenters. The lowest BCUT2D eigenvalue weighted by atomic mass is 9.97. The first-order valence-corrected chi connectivity index (χ1v) is 5.42. The number of hydrogen-bond donors (Lipinski definition) is 1. The second-order valence-corrected chi connectivity index (χ2v) is 4.13. The molecule has 3 heteroatoms. The molecule has 0 heterocycles. The van der Waals surface area contributed by atoms with Gasteiger partial charge in [0, 0.05) is 24.1 Å². The Hall–Kier alpha value is -0.380. The summed E-state index contributed by atoms with van der Waals surface area (Å²) in [6, 6.07) is 8.04. The highest BCUT2D eigenvalue weighted by atomic mass is 79.9. The highest BCUT2D eigenvalue weighted by Crippen LogP contribution is 2.21. The van der Waals surface area contributed by atoms with Crippen molar-refractivity contribution in [2.45, 2.75) is 12.3 Å². The first-order valence-electron chi connectivity index (χ1n) is 4.63. The van der Waals surface area contributed by atoms with Gasteiger partial charge in [-0.05, 0) is 24.1 Å². The van der Waals surface area contributed by atoms with Gasteiger partial charge in [0.2, 0.25) is 0 Å². The topological polar surface area (TPSA) is 29.5 Å². The van der Waals surface area contributed by atoms with E-state index in [0.717, 1.165) is 16.5 Å². The second-order valence-electron chi connectivity index (χ2n) is 3.21. The van der Waals surface area contributed by atoms with Gasteiger partial charge < -0.3 is 9.84 Å². The fourth-order valence-electron chi connectivity index (χ4n) is 1.36. The van der Waals surface area contributed by atoms with Crippen LogP contribution >= 0.6 is 15.9 Å². The number of ether oxygens (including phenoxy) is 1. The molecule has 0 aliphatic carbocycles. The number of rotatable bonds is 5. The van der Waals surface area contributed by atoms with E-state index in [1.54, 1.807) is 7.11 Å². The fraction of sp³-hybridized carbons (Fsp3) is 0.455. The lowest BCUT2D eigenvalue weighted by molar-refractivity contribution is 0.169. The van der Waals surface area contributed by atoms with Crippen molar-refractivity contribution >= 4 is 15.9 Å². The van der Waals surface area contributed by atoms with Crippen LogP contribution in [0.25, 0.3) is 0 Å². The van der Waals surface area contributed by atoms with Gasteiger partial charge in [-0.1, -0.05) is 28.1 Å². The summed E-state index contributed by atoms with van der Waals surface area (Å²) in [7, 11) is 1.68. The van der Waals surface area contributed by atoms with Crippen LogP contribution in [0.4, 0.5) is 0 Å². The molecule has 0 aliphatic rings. The van der Waals surface area contributed by atoms with E-state index in [9.17, 15) is 5.11 Å². The zero-order valence-electron chi connectivity index (χ0n) is 8.24. The molecule has 1 aromatic rings. The van der Waals surface area contributed by atoms with Crippen LogP contribution in [0.1, 0.15) is 17.9 Å². The molecule has 0 aliphatic heterocycles. The Balaban J connectivity index is 2.64. The maximum Gasteiger partial charge on any atom is 0.0500 e. The van der Waals surface area contributed by atoms with Crippen molar-refractivity contribution in [3.8, 4) is 0 Å². The Bertz CT molecular complexity index is 258. The Labute approximate surface area is 93.0 Å². The summed E-state index contributed by atoms with van der Waals surface area (Å²) in [6.07, 6.45) is 0.856. The van der Waals surface area contributed by atoms with Crippen LogP contribution in [0, 0.1) is 0 Å². The highest BCUT2D eigenvalue weighted by Gasteiger charge is 2.09. The molecule has 0 radical (unpaired) electrons. The molecule has 1 N–H and O–H groups in total. The van der Waals surface area contributed by atoms with Crippen molar-refractivity contribution in [2.75, 3.05) is 20.3 Å². The lowest BCUT2D eigenvalue weighted by Gasteiger charge is -2.13. The normalized spacial score (nSPS) is 12.8. The third kappa shape index (κ3) is 3.40. The van der Waals surface area contributed by atoms with Gasteiger partial charge in [-0.15, -0.1) is 0 Å². The smallest absolute Gasteiger partial charge is 0.0500 e. The summed E-state index contributed by atoms with van der Waals surface area (Å²) >= 11 is 3.38. The van der Waals surface area contributed by atoms with Gasteiger partial charge in [0.25, 0.3) is 0 Å². The SMILES string of the molecule is COCCC(CO)c1ccc(Br)cc1. The predicted molar refractivity (Wildman–Crippen MR) is 60.5 cm³/mol. The van der Waals surface area contributed by atoms with Crippen LogP contribution in [0.5, 0.6) is 0 Å². The summed E-state index contributed by atoms with van der Waals surface area (Å²) in [4.78, 5) is 0.